The first-order valence-corrected chi connectivity index (χ1v) is 10.3. The molecule has 3 nitrogen and oxygen atoms in total. The van der Waals surface area contributed by atoms with Gasteiger partial charge in [-0.15, -0.1) is 0 Å². The molecule has 1 aliphatic carbocycles. The predicted molar refractivity (Wildman–Crippen MR) is 115 cm³/mol. The van der Waals surface area contributed by atoms with Gasteiger partial charge in [0.05, 0.1) is 11.8 Å². The zero-order valence-electron chi connectivity index (χ0n) is 15.9. The molecule has 0 radical (unpaired) electrons. The molecule has 0 aromatic heterocycles. The van der Waals surface area contributed by atoms with Gasteiger partial charge in [0.25, 0.3) is 0 Å². The van der Waals surface area contributed by atoms with Crippen LogP contribution in [0.5, 0.6) is 0 Å². The Kier molecular flexibility index (Phi) is 5.31. The predicted octanol–water partition coefficient (Wildman–Crippen LogP) is 6.38. The van der Waals surface area contributed by atoms with Crippen LogP contribution in [-0.2, 0) is 4.79 Å². The number of nitrogens with zero attached hydrogens (tertiary/aromatic N) is 2. The van der Waals surface area contributed by atoms with Crippen molar-refractivity contribution in [3.8, 4) is 0 Å². The van der Waals surface area contributed by atoms with Crippen molar-refractivity contribution in [3.05, 3.63) is 75.3 Å². The maximum atomic E-state index is 12.4. The molecule has 1 saturated carbocycles. The van der Waals surface area contributed by atoms with Crippen LogP contribution in [0, 0.1) is 11.8 Å². The summed E-state index contributed by atoms with van der Waals surface area (Å²) >= 11 is 12.1. The fourth-order valence-corrected chi connectivity index (χ4v) is 4.56. The van der Waals surface area contributed by atoms with Gasteiger partial charge in [0.2, 0.25) is 5.91 Å². The topological polar surface area (TPSA) is 32.7 Å². The zero-order chi connectivity index (χ0) is 19.8. The van der Waals surface area contributed by atoms with Gasteiger partial charge >= 0.3 is 0 Å². The number of carbonyl (C=O) groups excluding carboxylic acids is 1. The Labute approximate surface area is 175 Å². The van der Waals surface area contributed by atoms with E-state index in [9.17, 15) is 4.79 Å². The summed E-state index contributed by atoms with van der Waals surface area (Å²) in [6, 6.07) is 15.5. The van der Waals surface area contributed by atoms with Crippen molar-refractivity contribution in [2.45, 2.75) is 32.7 Å². The normalized spacial score (nSPS) is 25.6. The second-order valence-corrected chi connectivity index (χ2v) is 8.59. The molecule has 5 heteroatoms. The molecule has 0 saturated heterocycles. The summed E-state index contributed by atoms with van der Waals surface area (Å²) in [6.45, 7) is 3.85. The maximum absolute atomic E-state index is 12.4. The van der Waals surface area contributed by atoms with Crippen molar-refractivity contribution in [2.75, 3.05) is 0 Å². The van der Waals surface area contributed by atoms with Crippen molar-refractivity contribution in [3.63, 3.8) is 0 Å². The molecule has 1 aliphatic heterocycles. The molecule has 0 N–H and O–H groups in total. The molecule has 0 bridgehead atoms. The van der Waals surface area contributed by atoms with Gasteiger partial charge in [-0.05, 0) is 65.8 Å². The van der Waals surface area contributed by atoms with Crippen LogP contribution in [0.1, 0.15) is 43.9 Å². The molecule has 2 aliphatic rings. The lowest BCUT2D eigenvalue weighted by molar-refractivity contribution is -0.131. The van der Waals surface area contributed by atoms with Crippen LogP contribution in [0.25, 0.3) is 6.08 Å². The average molecular weight is 413 g/mol. The van der Waals surface area contributed by atoms with E-state index in [-0.39, 0.29) is 17.9 Å². The number of hydrazone groups is 1. The van der Waals surface area contributed by atoms with E-state index in [1.807, 2.05) is 48.5 Å². The Bertz CT molecular complexity index is 948. The zero-order valence-corrected chi connectivity index (χ0v) is 17.4. The lowest BCUT2D eigenvalue weighted by atomic mass is 9.73. The molecule has 2 aromatic rings. The number of allylic oxidation sites excluding steroid dienone is 1. The third kappa shape index (κ3) is 3.74. The Morgan fingerprint density at radius 3 is 2.29 bits per heavy atom. The minimum atomic E-state index is -0.0823. The van der Waals surface area contributed by atoms with Gasteiger partial charge in [-0.25, -0.2) is 5.01 Å². The van der Waals surface area contributed by atoms with Crippen LogP contribution in [0.2, 0.25) is 10.0 Å². The number of carbonyl (C=O) groups is 1. The van der Waals surface area contributed by atoms with Gasteiger partial charge in [0.15, 0.2) is 0 Å². The van der Waals surface area contributed by atoms with Crippen LogP contribution in [0.4, 0.5) is 0 Å². The second-order valence-electron chi connectivity index (χ2n) is 7.72. The highest BCUT2D eigenvalue weighted by Gasteiger charge is 2.44. The smallest absolute Gasteiger partial charge is 0.240 e. The van der Waals surface area contributed by atoms with Crippen LogP contribution in [0.15, 0.2) is 59.2 Å². The highest BCUT2D eigenvalue weighted by atomic mass is 35.5. The number of hydrogen-bond donors (Lipinski definition) is 0. The lowest BCUT2D eigenvalue weighted by Gasteiger charge is -2.32. The third-order valence-corrected chi connectivity index (χ3v) is 6.01. The Morgan fingerprint density at radius 1 is 1.07 bits per heavy atom. The number of hydrogen-bond acceptors (Lipinski definition) is 2. The molecule has 1 heterocycles. The summed E-state index contributed by atoms with van der Waals surface area (Å²) in [5.74, 6) is 0.664. The van der Waals surface area contributed by atoms with Crippen molar-refractivity contribution in [1.82, 2.24) is 5.01 Å². The number of benzene rings is 2. The molecule has 1 amide bonds. The van der Waals surface area contributed by atoms with Gasteiger partial charge < -0.3 is 0 Å². The van der Waals surface area contributed by atoms with E-state index in [0.29, 0.717) is 10.9 Å². The number of fused-ring (bicyclic) bond motifs is 1. The first-order chi connectivity index (χ1) is 13.4. The highest BCUT2D eigenvalue weighted by molar-refractivity contribution is 6.30. The minimum absolute atomic E-state index is 0.0413. The van der Waals surface area contributed by atoms with E-state index in [4.69, 9.17) is 28.3 Å². The second kappa shape index (κ2) is 7.73. The summed E-state index contributed by atoms with van der Waals surface area (Å²) < 4.78 is 0. The Balaban J connectivity index is 1.75. The quantitative estimate of drug-likeness (QED) is 0.562. The SMILES string of the molecule is CC(=O)N1N=C2/C(=C\c3ccc(Cl)cc3)C[C@H](C)C[C@@H]2[C@@H]1c1ccc(Cl)cc1. The molecule has 4 rings (SSSR count). The lowest BCUT2D eigenvalue weighted by Crippen LogP contribution is -2.32. The van der Waals surface area contributed by atoms with E-state index in [1.165, 1.54) is 5.57 Å². The molecule has 0 spiro atoms. The molecule has 2 aromatic carbocycles. The summed E-state index contributed by atoms with van der Waals surface area (Å²) in [6.07, 6.45) is 4.14. The first-order valence-electron chi connectivity index (χ1n) is 9.52. The molecule has 28 heavy (non-hydrogen) atoms. The van der Waals surface area contributed by atoms with E-state index >= 15 is 0 Å². The standard InChI is InChI=1S/C23H22Cl2N2O/c1-14-11-18(13-16-3-7-19(24)8-4-16)22-21(12-14)23(27(26-22)15(2)28)17-5-9-20(25)10-6-17/h3-10,13-14,21,23H,11-12H2,1-2H3/b18-13-/t14-,21-,23-/m0/s1. The molecular formula is C23H22Cl2N2O. The van der Waals surface area contributed by atoms with Gasteiger partial charge in [0, 0.05) is 22.9 Å². The highest BCUT2D eigenvalue weighted by Crippen LogP contribution is 2.46. The maximum Gasteiger partial charge on any atom is 0.240 e. The number of rotatable bonds is 2. The first kappa shape index (κ1) is 19.2. The Morgan fingerprint density at radius 2 is 1.68 bits per heavy atom. The molecule has 3 atom stereocenters. The molecular weight excluding hydrogens is 391 g/mol. The summed E-state index contributed by atoms with van der Waals surface area (Å²) in [4.78, 5) is 12.4. The van der Waals surface area contributed by atoms with Crippen LogP contribution < -0.4 is 0 Å². The van der Waals surface area contributed by atoms with Gasteiger partial charge in [-0.1, -0.05) is 54.4 Å². The molecule has 144 valence electrons. The number of amides is 1. The van der Waals surface area contributed by atoms with Crippen molar-refractivity contribution < 1.29 is 4.79 Å². The van der Waals surface area contributed by atoms with E-state index in [1.54, 1.807) is 11.9 Å². The molecule has 1 fully saturated rings. The van der Waals surface area contributed by atoms with Gasteiger partial charge in [-0.2, -0.15) is 5.10 Å². The third-order valence-electron chi connectivity index (χ3n) is 5.51. The summed E-state index contributed by atoms with van der Waals surface area (Å²) in [5.41, 5.74) is 4.40. The van der Waals surface area contributed by atoms with E-state index in [2.05, 4.69) is 13.0 Å². The average Bonchev–Trinajstić information content (AvgIpc) is 3.04. The van der Waals surface area contributed by atoms with Crippen LogP contribution >= 0.6 is 23.2 Å². The van der Waals surface area contributed by atoms with Gasteiger partial charge in [-0.3, -0.25) is 4.79 Å². The van der Waals surface area contributed by atoms with E-state index < -0.39 is 0 Å². The summed E-state index contributed by atoms with van der Waals surface area (Å²) in [7, 11) is 0. The largest absolute Gasteiger partial charge is 0.273 e. The van der Waals surface area contributed by atoms with Gasteiger partial charge in [0.1, 0.15) is 0 Å². The van der Waals surface area contributed by atoms with Crippen molar-refractivity contribution in [1.29, 1.82) is 0 Å². The monoisotopic (exact) mass is 412 g/mol. The Hall–Kier alpha value is -2.10. The fourth-order valence-electron chi connectivity index (χ4n) is 4.30. The van der Waals surface area contributed by atoms with Crippen molar-refractivity contribution in [2.24, 2.45) is 16.9 Å². The summed E-state index contributed by atoms with van der Waals surface area (Å²) in [5, 5.41) is 7.86. The molecule has 0 unspecified atom stereocenters. The number of halogens is 2. The van der Waals surface area contributed by atoms with Crippen LogP contribution in [-0.4, -0.2) is 16.6 Å². The fraction of sp³-hybridized carbons (Fsp3) is 0.304. The van der Waals surface area contributed by atoms with Crippen LogP contribution in [0.3, 0.4) is 0 Å². The minimum Gasteiger partial charge on any atom is -0.273 e. The van der Waals surface area contributed by atoms with E-state index in [0.717, 1.165) is 34.7 Å². The van der Waals surface area contributed by atoms with Crippen molar-refractivity contribution >= 4 is 40.9 Å².